The van der Waals surface area contributed by atoms with Crippen LogP contribution < -0.4 is 4.90 Å². The van der Waals surface area contributed by atoms with Crippen LogP contribution in [0.5, 0.6) is 0 Å². The van der Waals surface area contributed by atoms with Crippen molar-refractivity contribution in [3.05, 3.63) is 176 Å². The van der Waals surface area contributed by atoms with Crippen molar-refractivity contribution in [1.29, 1.82) is 0 Å². The van der Waals surface area contributed by atoms with Gasteiger partial charge in [0.05, 0.1) is 5.69 Å². The Labute approximate surface area is 287 Å². The van der Waals surface area contributed by atoms with Gasteiger partial charge >= 0.3 is 0 Å². The largest absolute Gasteiger partial charge is 0.456 e. The second-order valence-corrected chi connectivity index (χ2v) is 13.6. The summed E-state index contributed by atoms with van der Waals surface area (Å²) in [5, 5.41) is 7.33. The standard InChI is InChI=1S/C46H29NOS/c1-2-10-32-27-34(20-19-30(32)9-1)31-21-24-36(25-22-31)47(41-15-8-18-45-46(41)39-14-4-6-17-44(39)49-45)37-12-7-11-33(28-37)35-23-26-43-40(29-35)38-13-3-5-16-42(38)48-43/h1-29H. The lowest BCUT2D eigenvalue weighted by molar-refractivity contribution is 0.669. The number of hydrogen-bond acceptors (Lipinski definition) is 3. The molecule has 2 aromatic heterocycles. The zero-order chi connectivity index (χ0) is 32.3. The van der Waals surface area contributed by atoms with Gasteiger partial charge in [-0.2, -0.15) is 0 Å². The van der Waals surface area contributed by atoms with Gasteiger partial charge < -0.3 is 9.32 Å². The van der Waals surface area contributed by atoms with Gasteiger partial charge in [-0.15, -0.1) is 11.3 Å². The molecule has 10 rings (SSSR count). The van der Waals surface area contributed by atoms with Crippen molar-refractivity contribution in [2.75, 3.05) is 4.90 Å². The van der Waals surface area contributed by atoms with Crippen LogP contribution in [0.25, 0.3) is 75.1 Å². The zero-order valence-corrected chi connectivity index (χ0v) is 27.3. The molecule has 230 valence electrons. The molecule has 0 atom stereocenters. The molecule has 0 radical (unpaired) electrons. The van der Waals surface area contributed by atoms with Crippen LogP contribution in [0.3, 0.4) is 0 Å². The lowest BCUT2D eigenvalue weighted by atomic mass is 10.00. The van der Waals surface area contributed by atoms with Gasteiger partial charge in [-0.3, -0.25) is 0 Å². The molecular weight excluding hydrogens is 615 g/mol. The SMILES string of the molecule is c1cc(-c2ccc3oc4ccccc4c3c2)cc(N(c2ccc(-c3ccc4ccccc4c3)cc2)c2cccc3sc4ccccc4c23)c1. The Bertz CT molecular complexity index is 2840. The molecule has 0 saturated carbocycles. The summed E-state index contributed by atoms with van der Waals surface area (Å²) in [6.07, 6.45) is 0. The Balaban J connectivity index is 1.14. The first-order valence-electron chi connectivity index (χ1n) is 16.6. The Morgan fingerprint density at radius 2 is 1.06 bits per heavy atom. The molecule has 3 heteroatoms. The third kappa shape index (κ3) is 4.70. The minimum Gasteiger partial charge on any atom is -0.456 e. The lowest BCUT2D eigenvalue weighted by Crippen LogP contribution is -2.10. The first-order chi connectivity index (χ1) is 24.3. The zero-order valence-electron chi connectivity index (χ0n) is 26.5. The van der Waals surface area contributed by atoms with Gasteiger partial charge in [-0.1, -0.05) is 109 Å². The predicted molar refractivity (Wildman–Crippen MR) is 210 cm³/mol. The van der Waals surface area contributed by atoms with Gasteiger partial charge in [0.1, 0.15) is 11.2 Å². The van der Waals surface area contributed by atoms with Crippen LogP contribution in [-0.4, -0.2) is 0 Å². The molecule has 0 bridgehead atoms. The summed E-state index contributed by atoms with van der Waals surface area (Å²) in [5.41, 5.74) is 9.94. The Morgan fingerprint density at radius 3 is 1.98 bits per heavy atom. The third-order valence-electron chi connectivity index (χ3n) is 9.64. The Kier molecular flexibility index (Phi) is 6.39. The van der Waals surface area contributed by atoms with Crippen molar-refractivity contribution in [1.82, 2.24) is 0 Å². The number of fused-ring (bicyclic) bond motifs is 7. The molecule has 0 aliphatic rings. The first kappa shape index (κ1) is 27.9. The van der Waals surface area contributed by atoms with Crippen LogP contribution in [-0.2, 0) is 0 Å². The number of rotatable bonds is 5. The fourth-order valence-electron chi connectivity index (χ4n) is 7.27. The van der Waals surface area contributed by atoms with Crippen LogP contribution in [0, 0.1) is 0 Å². The Hall–Kier alpha value is -6.16. The second kappa shape index (κ2) is 11.2. The van der Waals surface area contributed by atoms with Gasteiger partial charge in [0.15, 0.2) is 0 Å². The van der Waals surface area contributed by atoms with E-state index in [1.54, 1.807) is 0 Å². The molecule has 0 fully saturated rings. The van der Waals surface area contributed by atoms with Crippen LogP contribution in [0.2, 0.25) is 0 Å². The normalized spacial score (nSPS) is 11.7. The maximum absolute atomic E-state index is 6.14. The number of nitrogens with zero attached hydrogens (tertiary/aromatic N) is 1. The number of thiophene rings is 1. The maximum Gasteiger partial charge on any atom is 0.135 e. The van der Waals surface area contributed by atoms with Crippen molar-refractivity contribution >= 4 is 81.3 Å². The molecule has 2 heterocycles. The average Bonchev–Trinajstić information content (AvgIpc) is 3.74. The highest BCUT2D eigenvalue weighted by atomic mass is 32.1. The minimum atomic E-state index is 0.908. The maximum atomic E-state index is 6.14. The van der Waals surface area contributed by atoms with Gasteiger partial charge in [0.2, 0.25) is 0 Å². The third-order valence-corrected chi connectivity index (χ3v) is 10.8. The smallest absolute Gasteiger partial charge is 0.135 e. The summed E-state index contributed by atoms with van der Waals surface area (Å²) in [4.78, 5) is 2.42. The molecule has 0 aliphatic heterocycles. The van der Waals surface area contributed by atoms with Gasteiger partial charge in [0, 0.05) is 42.3 Å². The lowest BCUT2D eigenvalue weighted by Gasteiger charge is -2.27. The van der Waals surface area contributed by atoms with Crippen LogP contribution in [0.15, 0.2) is 180 Å². The van der Waals surface area contributed by atoms with E-state index < -0.39 is 0 Å². The van der Waals surface area contributed by atoms with E-state index in [0.717, 1.165) is 44.4 Å². The van der Waals surface area contributed by atoms with Crippen molar-refractivity contribution in [3.63, 3.8) is 0 Å². The van der Waals surface area contributed by atoms with Crippen molar-refractivity contribution in [3.8, 4) is 22.3 Å². The number of para-hydroxylation sites is 1. The van der Waals surface area contributed by atoms with Crippen LogP contribution in [0.1, 0.15) is 0 Å². The molecule has 0 unspecified atom stereocenters. The van der Waals surface area contributed by atoms with Crippen LogP contribution >= 0.6 is 11.3 Å². The first-order valence-corrected chi connectivity index (χ1v) is 17.4. The summed E-state index contributed by atoms with van der Waals surface area (Å²) in [5.74, 6) is 0. The molecule has 49 heavy (non-hydrogen) atoms. The molecule has 10 aromatic rings. The Morgan fingerprint density at radius 1 is 0.388 bits per heavy atom. The monoisotopic (exact) mass is 643 g/mol. The van der Waals surface area contributed by atoms with E-state index in [-0.39, 0.29) is 0 Å². The molecule has 0 amide bonds. The van der Waals surface area contributed by atoms with E-state index in [1.807, 2.05) is 23.5 Å². The van der Waals surface area contributed by atoms with Gasteiger partial charge in [-0.25, -0.2) is 0 Å². The van der Waals surface area contributed by atoms with Gasteiger partial charge in [-0.05, 0) is 99.8 Å². The van der Waals surface area contributed by atoms with Crippen molar-refractivity contribution < 1.29 is 4.42 Å². The summed E-state index contributed by atoms with van der Waals surface area (Å²) in [6.45, 7) is 0. The summed E-state index contributed by atoms with van der Waals surface area (Å²) in [6, 6.07) is 63.4. The molecule has 0 spiro atoms. The molecule has 8 aromatic carbocycles. The van der Waals surface area contributed by atoms with E-state index in [4.69, 9.17) is 4.42 Å². The molecule has 0 N–H and O–H groups in total. The van der Waals surface area contributed by atoms with E-state index in [1.165, 1.54) is 47.8 Å². The molecule has 2 nitrogen and oxygen atoms in total. The minimum absolute atomic E-state index is 0.908. The highest BCUT2D eigenvalue weighted by Gasteiger charge is 2.19. The summed E-state index contributed by atoms with van der Waals surface area (Å²) in [7, 11) is 0. The fraction of sp³-hybridized carbons (Fsp3) is 0. The molecule has 0 aliphatic carbocycles. The second-order valence-electron chi connectivity index (χ2n) is 12.6. The van der Waals surface area contributed by atoms with Crippen molar-refractivity contribution in [2.45, 2.75) is 0 Å². The van der Waals surface area contributed by atoms with Gasteiger partial charge in [0.25, 0.3) is 0 Å². The van der Waals surface area contributed by atoms with E-state index in [0.29, 0.717) is 0 Å². The van der Waals surface area contributed by atoms with E-state index >= 15 is 0 Å². The summed E-state index contributed by atoms with van der Waals surface area (Å²) < 4.78 is 8.72. The molecule has 0 saturated heterocycles. The number of anilines is 3. The van der Waals surface area contributed by atoms with Crippen molar-refractivity contribution in [2.24, 2.45) is 0 Å². The molecular formula is C46H29NOS. The summed E-state index contributed by atoms with van der Waals surface area (Å²) >= 11 is 1.85. The van der Waals surface area contributed by atoms with E-state index in [2.05, 4.69) is 169 Å². The fourth-order valence-corrected chi connectivity index (χ4v) is 8.40. The number of hydrogen-bond donors (Lipinski definition) is 0. The van der Waals surface area contributed by atoms with Crippen LogP contribution in [0.4, 0.5) is 17.1 Å². The average molecular weight is 644 g/mol. The van der Waals surface area contributed by atoms with E-state index in [9.17, 15) is 0 Å². The highest BCUT2D eigenvalue weighted by molar-refractivity contribution is 7.26. The number of benzene rings is 8. The number of furan rings is 1. The predicted octanol–water partition coefficient (Wildman–Crippen LogP) is 13.9. The quantitative estimate of drug-likeness (QED) is 0.186. The highest BCUT2D eigenvalue weighted by Crippen LogP contribution is 2.46. The topological polar surface area (TPSA) is 16.4 Å².